The first kappa shape index (κ1) is 14.2. The molecule has 1 unspecified atom stereocenters. The molecule has 0 amide bonds. The van der Waals surface area contributed by atoms with Gasteiger partial charge in [-0.1, -0.05) is 26.8 Å². The van der Waals surface area contributed by atoms with Crippen molar-refractivity contribution in [2.45, 2.75) is 39.3 Å². The smallest absolute Gasteiger partial charge is 0.330 e. The van der Waals surface area contributed by atoms with Crippen LogP contribution in [0.15, 0.2) is 12.2 Å². The Hall–Kier alpha value is -0.870. The number of ether oxygens (including phenoxy) is 1. The Bertz CT molecular complexity index is 294. The van der Waals surface area contributed by atoms with Crippen molar-refractivity contribution < 1.29 is 14.6 Å². The van der Waals surface area contributed by atoms with Gasteiger partial charge in [-0.15, -0.1) is 0 Å². The maximum Gasteiger partial charge on any atom is 0.330 e. The Balaban J connectivity index is 2.34. The molecule has 0 saturated carbocycles. The van der Waals surface area contributed by atoms with Crippen molar-refractivity contribution in [2.75, 3.05) is 20.3 Å². The number of carbonyl (C=O) groups is 1. The topological polar surface area (TPSA) is 49.5 Å². The quantitative estimate of drug-likeness (QED) is 0.446. The van der Waals surface area contributed by atoms with Gasteiger partial charge in [0.2, 0.25) is 0 Å². The van der Waals surface area contributed by atoms with Gasteiger partial charge in [-0.25, -0.2) is 4.79 Å². The van der Waals surface area contributed by atoms with E-state index in [9.17, 15) is 9.90 Å². The Morgan fingerprint density at radius 2 is 2.12 bits per heavy atom. The average molecular weight is 241 g/mol. The minimum absolute atomic E-state index is 0.194. The fraction of sp³-hybridized carbons (Fsp3) is 0.769. The highest BCUT2D eigenvalue weighted by molar-refractivity contribution is 5.81. The van der Waals surface area contributed by atoms with E-state index in [-0.39, 0.29) is 24.0 Å². The van der Waals surface area contributed by atoms with Crippen molar-refractivity contribution in [2.24, 2.45) is 5.41 Å². The van der Waals surface area contributed by atoms with Crippen molar-refractivity contribution in [3.63, 3.8) is 0 Å². The number of nitrogens with zero attached hydrogens (tertiary/aromatic N) is 1. The van der Waals surface area contributed by atoms with Crippen LogP contribution in [0.1, 0.15) is 27.2 Å². The summed E-state index contributed by atoms with van der Waals surface area (Å²) in [5.74, 6) is -0.318. The van der Waals surface area contributed by atoms with Crippen LogP contribution in [0.2, 0.25) is 0 Å². The third-order valence-corrected chi connectivity index (χ3v) is 3.14. The molecular weight excluding hydrogens is 218 g/mol. The molecule has 0 aromatic heterocycles. The van der Waals surface area contributed by atoms with Gasteiger partial charge in [-0.3, -0.25) is 4.90 Å². The zero-order valence-corrected chi connectivity index (χ0v) is 11.1. The Morgan fingerprint density at radius 3 is 2.53 bits per heavy atom. The highest BCUT2D eigenvalue weighted by Gasteiger charge is 2.52. The number of rotatable bonds is 5. The van der Waals surface area contributed by atoms with Crippen molar-refractivity contribution >= 4 is 5.97 Å². The Morgan fingerprint density at radius 1 is 1.47 bits per heavy atom. The van der Waals surface area contributed by atoms with E-state index in [4.69, 9.17) is 0 Å². The molecule has 17 heavy (non-hydrogen) atoms. The fourth-order valence-corrected chi connectivity index (χ4v) is 2.39. The zero-order chi connectivity index (χ0) is 13.1. The molecule has 0 aromatic carbocycles. The summed E-state index contributed by atoms with van der Waals surface area (Å²) in [6.07, 6.45) is 4.07. The molecule has 1 aliphatic rings. The highest BCUT2D eigenvalue weighted by atomic mass is 16.5. The van der Waals surface area contributed by atoms with Gasteiger partial charge in [0.1, 0.15) is 0 Å². The standard InChI is InChI=1S/C13H23NO3/c1-13(2,3)12-10(9-15)14(12)8-6-5-7-11(16)17-4/h5,7,10,12,15H,6,8-9H2,1-4H3/b7-5+/t10-,12+,14?/m1/s1. The van der Waals surface area contributed by atoms with Gasteiger partial charge < -0.3 is 9.84 Å². The summed E-state index contributed by atoms with van der Waals surface area (Å²) in [5.41, 5.74) is 0.194. The number of carbonyl (C=O) groups excluding carboxylic acids is 1. The van der Waals surface area contributed by atoms with Gasteiger partial charge in [-0.05, 0) is 11.8 Å². The lowest BCUT2D eigenvalue weighted by Gasteiger charge is -2.17. The predicted molar refractivity (Wildman–Crippen MR) is 66.6 cm³/mol. The number of hydrogen-bond acceptors (Lipinski definition) is 4. The van der Waals surface area contributed by atoms with Crippen LogP contribution in [0.5, 0.6) is 0 Å². The van der Waals surface area contributed by atoms with E-state index in [1.54, 1.807) is 0 Å². The summed E-state index contributed by atoms with van der Waals surface area (Å²) >= 11 is 0. The summed E-state index contributed by atoms with van der Waals surface area (Å²) in [7, 11) is 1.37. The summed E-state index contributed by atoms with van der Waals surface area (Å²) in [5, 5.41) is 9.26. The van der Waals surface area contributed by atoms with E-state index in [0.29, 0.717) is 6.04 Å². The number of aliphatic hydroxyl groups excluding tert-OH is 1. The van der Waals surface area contributed by atoms with Crippen LogP contribution in [-0.4, -0.2) is 48.3 Å². The van der Waals surface area contributed by atoms with E-state index in [2.05, 4.69) is 30.4 Å². The maximum atomic E-state index is 10.9. The minimum atomic E-state index is -0.318. The van der Waals surface area contributed by atoms with Gasteiger partial charge in [0.05, 0.1) is 13.7 Å². The third-order valence-electron chi connectivity index (χ3n) is 3.14. The summed E-state index contributed by atoms with van der Waals surface area (Å²) < 4.78 is 4.51. The predicted octanol–water partition coefficient (Wildman–Crippen LogP) is 1.20. The molecule has 3 atom stereocenters. The highest BCUT2D eigenvalue weighted by Crippen LogP contribution is 2.41. The van der Waals surface area contributed by atoms with Gasteiger partial charge in [0, 0.05) is 24.7 Å². The first-order valence-electron chi connectivity index (χ1n) is 6.03. The van der Waals surface area contributed by atoms with E-state index in [1.807, 2.05) is 6.08 Å². The van der Waals surface area contributed by atoms with Crippen LogP contribution in [0, 0.1) is 5.41 Å². The van der Waals surface area contributed by atoms with E-state index < -0.39 is 0 Å². The molecule has 0 aromatic rings. The molecule has 0 aliphatic carbocycles. The number of esters is 1. The van der Waals surface area contributed by atoms with Gasteiger partial charge in [-0.2, -0.15) is 0 Å². The first-order valence-corrected chi connectivity index (χ1v) is 6.03. The van der Waals surface area contributed by atoms with E-state index in [0.717, 1.165) is 13.0 Å². The van der Waals surface area contributed by atoms with Gasteiger partial charge in [0.25, 0.3) is 0 Å². The van der Waals surface area contributed by atoms with Crippen molar-refractivity contribution in [1.29, 1.82) is 0 Å². The van der Waals surface area contributed by atoms with Crippen LogP contribution in [0.4, 0.5) is 0 Å². The monoisotopic (exact) mass is 241 g/mol. The molecule has 0 spiro atoms. The fourth-order valence-electron chi connectivity index (χ4n) is 2.39. The lowest BCUT2D eigenvalue weighted by Crippen LogP contribution is -2.19. The molecule has 1 N–H and O–H groups in total. The molecule has 1 saturated heterocycles. The van der Waals surface area contributed by atoms with Crippen molar-refractivity contribution in [3.8, 4) is 0 Å². The lowest BCUT2D eigenvalue weighted by atomic mass is 9.90. The number of hydrogen-bond donors (Lipinski definition) is 1. The SMILES string of the molecule is COC(=O)/C=C/CCN1[C@H](CO)[C@H]1C(C)(C)C. The van der Waals surface area contributed by atoms with E-state index >= 15 is 0 Å². The molecular formula is C13H23NO3. The lowest BCUT2D eigenvalue weighted by molar-refractivity contribution is -0.134. The van der Waals surface area contributed by atoms with Crippen LogP contribution >= 0.6 is 0 Å². The molecule has 1 aliphatic heterocycles. The van der Waals surface area contributed by atoms with Crippen LogP contribution < -0.4 is 0 Å². The summed E-state index contributed by atoms with van der Waals surface area (Å²) in [6.45, 7) is 7.64. The summed E-state index contributed by atoms with van der Waals surface area (Å²) in [6, 6.07) is 0.723. The second-order valence-electron chi connectivity index (χ2n) is 5.51. The van der Waals surface area contributed by atoms with Crippen molar-refractivity contribution in [1.82, 2.24) is 4.90 Å². The molecule has 4 heteroatoms. The van der Waals surface area contributed by atoms with Crippen molar-refractivity contribution in [3.05, 3.63) is 12.2 Å². The molecule has 0 bridgehead atoms. The molecule has 1 fully saturated rings. The van der Waals surface area contributed by atoms with Crippen LogP contribution in [-0.2, 0) is 9.53 Å². The van der Waals surface area contributed by atoms with Crippen LogP contribution in [0.25, 0.3) is 0 Å². The van der Waals surface area contributed by atoms with Gasteiger partial charge in [0.15, 0.2) is 0 Å². The number of methoxy groups -OCH3 is 1. The van der Waals surface area contributed by atoms with Gasteiger partial charge >= 0.3 is 5.97 Å². The Kier molecular flexibility index (Phi) is 4.71. The Labute approximate surface area is 103 Å². The molecule has 98 valence electrons. The largest absolute Gasteiger partial charge is 0.466 e. The molecule has 4 nitrogen and oxygen atoms in total. The second-order valence-corrected chi connectivity index (χ2v) is 5.51. The maximum absolute atomic E-state index is 10.9. The second kappa shape index (κ2) is 5.65. The third kappa shape index (κ3) is 3.82. The van der Waals surface area contributed by atoms with Crippen LogP contribution in [0.3, 0.4) is 0 Å². The normalized spacial score (nSPS) is 28.4. The summed E-state index contributed by atoms with van der Waals surface area (Å²) in [4.78, 5) is 13.1. The molecule has 1 rings (SSSR count). The number of aliphatic hydroxyl groups is 1. The minimum Gasteiger partial charge on any atom is -0.466 e. The zero-order valence-electron chi connectivity index (χ0n) is 11.1. The molecule has 1 heterocycles. The van der Waals surface area contributed by atoms with E-state index in [1.165, 1.54) is 13.2 Å². The first-order chi connectivity index (χ1) is 7.91. The molecule has 0 radical (unpaired) electrons. The average Bonchev–Trinajstić information content (AvgIpc) is 2.97.